The molecule has 3 fully saturated rings. The summed E-state index contributed by atoms with van der Waals surface area (Å²) in [6.45, 7) is 2.67. The summed E-state index contributed by atoms with van der Waals surface area (Å²) in [5.41, 5.74) is 1.73. The van der Waals surface area contributed by atoms with Crippen LogP contribution in [0.3, 0.4) is 0 Å². The molecule has 1 atom stereocenters. The van der Waals surface area contributed by atoms with Gasteiger partial charge in [-0.1, -0.05) is 0 Å². The van der Waals surface area contributed by atoms with Crippen LogP contribution in [0.5, 0.6) is 5.75 Å². The van der Waals surface area contributed by atoms with E-state index in [1.54, 1.807) is 7.11 Å². The van der Waals surface area contributed by atoms with E-state index in [1.807, 2.05) is 18.2 Å². The second kappa shape index (κ2) is 5.98. The summed E-state index contributed by atoms with van der Waals surface area (Å²) in [6, 6.07) is 6.46. The first-order chi connectivity index (χ1) is 12.7. The van der Waals surface area contributed by atoms with Gasteiger partial charge in [0.15, 0.2) is 0 Å². The summed E-state index contributed by atoms with van der Waals surface area (Å²) in [5, 5.41) is 8.73. The maximum atomic E-state index is 13.4. The Morgan fingerprint density at radius 2 is 2.08 bits per heavy atom. The number of carbonyl (C=O) groups is 1. The van der Waals surface area contributed by atoms with E-state index >= 15 is 0 Å². The van der Waals surface area contributed by atoms with Gasteiger partial charge in [-0.2, -0.15) is 5.10 Å². The number of nitrogens with zero attached hydrogens (tertiary/aromatic N) is 3. The van der Waals surface area contributed by atoms with Crippen molar-refractivity contribution in [2.75, 3.05) is 20.2 Å². The second-order valence-corrected chi connectivity index (χ2v) is 7.98. The molecule has 6 heteroatoms. The Balaban J connectivity index is 1.45. The third kappa shape index (κ3) is 2.42. The van der Waals surface area contributed by atoms with Gasteiger partial charge in [0.2, 0.25) is 5.91 Å². The van der Waals surface area contributed by atoms with Crippen molar-refractivity contribution in [3.05, 3.63) is 23.9 Å². The number of methoxy groups -OCH3 is 1. The van der Waals surface area contributed by atoms with E-state index in [1.165, 1.54) is 12.8 Å². The zero-order chi connectivity index (χ0) is 17.7. The summed E-state index contributed by atoms with van der Waals surface area (Å²) in [7, 11) is 1.68. The number of carbonyl (C=O) groups excluding carboxylic acids is 1. The van der Waals surface area contributed by atoms with Gasteiger partial charge in [-0.3, -0.25) is 14.8 Å². The number of aromatic amines is 1. The molecule has 2 saturated heterocycles. The number of piperidine rings is 1. The Morgan fingerprint density at radius 3 is 2.85 bits per heavy atom. The van der Waals surface area contributed by atoms with Gasteiger partial charge in [-0.25, -0.2) is 0 Å². The summed E-state index contributed by atoms with van der Waals surface area (Å²) in [5.74, 6) is 1.22. The number of hydrogen-bond donors (Lipinski definition) is 1. The van der Waals surface area contributed by atoms with Gasteiger partial charge in [0.1, 0.15) is 11.3 Å². The van der Waals surface area contributed by atoms with E-state index in [-0.39, 0.29) is 5.54 Å². The first kappa shape index (κ1) is 16.1. The normalized spacial score (nSPS) is 27.0. The largest absolute Gasteiger partial charge is 0.497 e. The molecule has 1 aromatic carbocycles. The molecular weight excluding hydrogens is 328 g/mol. The first-order valence-electron chi connectivity index (χ1n) is 9.78. The quantitative estimate of drug-likeness (QED) is 0.917. The standard InChI is InChI=1S/C20H26N4O2/c1-26-15-6-7-17-16(12-15)18(22-21-17)13-23-10-2-8-20(23)9-3-11-24(19(20)25)14-4-5-14/h6-7,12,14H,2-5,8-11,13H2,1H3,(H,21,22). The summed E-state index contributed by atoms with van der Waals surface area (Å²) in [6.07, 6.45) is 6.57. The van der Waals surface area contributed by atoms with E-state index in [0.29, 0.717) is 11.9 Å². The van der Waals surface area contributed by atoms with E-state index in [2.05, 4.69) is 20.0 Å². The fraction of sp³-hybridized carbons (Fsp3) is 0.600. The van der Waals surface area contributed by atoms with Gasteiger partial charge in [0.25, 0.3) is 0 Å². The van der Waals surface area contributed by atoms with Crippen molar-refractivity contribution < 1.29 is 9.53 Å². The van der Waals surface area contributed by atoms with Crippen molar-refractivity contribution in [2.24, 2.45) is 0 Å². The molecule has 3 aliphatic rings. The molecule has 1 spiro atoms. The number of amides is 1. The van der Waals surface area contributed by atoms with E-state index < -0.39 is 0 Å². The topological polar surface area (TPSA) is 61.5 Å². The molecule has 2 aromatic rings. The molecule has 2 aliphatic heterocycles. The van der Waals surface area contributed by atoms with E-state index in [9.17, 15) is 4.79 Å². The van der Waals surface area contributed by atoms with Gasteiger partial charge in [-0.05, 0) is 63.3 Å². The highest BCUT2D eigenvalue weighted by Gasteiger charge is 2.53. The molecule has 26 heavy (non-hydrogen) atoms. The monoisotopic (exact) mass is 354 g/mol. The minimum atomic E-state index is -0.295. The van der Waals surface area contributed by atoms with Gasteiger partial charge in [0.05, 0.1) is 18.3 Å². The third-order valence-electron chi connectivity index (χ3n) is 6.45. The highest BCUT2D eigenvalue weighted by atomic mass is 16.5. The van der Waals surface area contributed by atoms with Crippen molar-refractivity contribution in [3.8, 4) is 5.75 Å². The lowest BCUT2D eigenvalue weighted by Crippen LogP contribution is -2.60. The molecule has 1 aromatic heterocycles. The van der Waals surface area contributed by atoms with Crippen molar-refractivity contribution in [1.29, 1.82) is 0 Å². The number of fused-ring (bicyclic) bond motifs is 1. The van der Waals surface area contributed by atoms with Crippen molar-refractivity contribution in [1.82, 2.24) is 20.0 Å². The Morgan fingerprint density at radius 1 is 1.27 bits per heavy atom. The smallest absolute Gasteiger partial charge is 0.243 e. The highest BCUT2D eigenvalue weighted by Crippen LogP contribution is 2.42. The van der Waals surface area contributed by atoms with Crippen LogP contribution in [0.25, 0.3) is 10.9 Å². The molecule has 1 saturated carbocycles. The first-order valence-corrected chi connectivity index (χ1v) is 9.78. The minimum absolute atomic E-state index is 0.295. The average Bonchev–Trinajstić information content (AvgIpc) is 3.32. The Hall–Kier alpha value is -2.08. The molecule has 1 unspecified atom stereocenters. The number of aromatic nitrogens is 2. The summed E-state index contributed by atoms with van der Waals surface area (Å²) in [4.78, 5) is 18.0. The number of ether oxygens (including phenoxy) is 1. The predicted octanol–water partition coefficient (Wildman–Crippen LogP) is 2.69. The molecule has 1 aliphatic carbocycles. The Labute approximate surface area is 153 Å². The van der Waals surface area contributed by atoms with E-state index in [4.69, 9.17) is 4.74 Å². The summed E-state index contributed by atoms with van der Waals surface area (Å²) >= 11 is 0. The molecule has 0 radical (unpaired) electrons. The number of nitrogens with one attached hydrogen (secondary N) is 1. The van der Waals surface area contributed by atoms with Crippen LogP contribution in [0, 0.1) is 0 Å². The maximum absolute atomic E-state index is 13.4. The molecule has 0 bridgehead atoms. The molecule has 6 nitrogen and oxygen atoms in total. The zero-order valence-corrected chi connectivity index (χ0v) is 15.3. The molecule has 3 heterocycles. The summed E-state index contributed by atoms with van der Waals surface area (Å²) < 4.78 is 5.37. The Kier molecular flexibility index (Phi) is 3.71. The maximum Gasteiger partial charge on any atom is 0.243 e. The van der Waals surface area contributed by atoms with Crippen LogP contribution in [-0.4, -0.2) is 57.7 Å². The van der Waals surface area contributed by atoms with Crippen LogP contribution in [0.2, 0.25) is 0 Å². The Bertz CT molecular complexity index is 843. The van der Waals surface area contributed by atoms with Crippen LogP contribution in [0.1, 0.15) is 44.2 Å². The number of benzene rings is 1. The number of likely N-dealkylation sites (tertiary alicyclic amines) is 2. The lowest BCUT2D eigenvalue weighted by atomic mass is 9.85. The predicted molar refractivity (Wildman–Crippen MR) is 99.0 cm³/mol. The lowest BCUT2D eigenvalue weighted by molar-refractivity contribution is -0.148. The van der Waals surface area contributed by atoms with Crippen LogP contribution in [0.15, 0.2) is 18.2 Å². The number of hydrogen-bond acceptors (Lipinski definition) is 4. The van der Waals surface area contributed by atoms with E-state index in [0.717, 1.165) is 67.7 Å². The fourth-order valence-corrected chi connectivity index (χ4v) is 4.92. The van der Waals surface area contributed by atoms with Crippen molar-refractivity contribution >= 4 is 16.8 Å². The van der Waals surface area contributed by atoms with Crippen molar-refractivity contribution in [3.63, 3.8) is 0 Å². The molecule has 1 N–H and O–H groups in total. The van der Waals surface area contributed by atoms with Gasteiger partial charge in [0, 0.05) is 24.5 Å². The molecule has 138 valence electrons. The van der Waals surface area contributed by atoms with Crippen LogP contribution < -0.4 is 4.74 Å². The third-order valence-corrected chi connectivity index (χ3v) is 6.45. The lowest BCUT2D eigenvalue weighted by Gasteiger charge is -2.44. The van der Waals surface area contributed by atoms with Gasteiger partial charge >= 0.3 is 0 Å². The number of rotatable bonds is 4. The fourth-order valence-electron chi connectivity index (χ4n) is 4.92. The van der Waals surface area contributed by atoms with Crippen LogP contribution >= 0.6 is 0 Å². The second-order valence-electron chi connectivity index (χ2n) is 7.98. The zero-order valence-electron chi connectivity index (χ0n) is 15.3. The molecule has 5 rings (SSSR count). The van der Waals surface area contributed by atoms with Gasteiger partial charge in [-0.15, -0.1) is 0 Å². The SMILES string of the molecule is COc1ccc2n[nH]c(CN3CCCC34CCCN(C3CC3)C4=O)c2c1. The minimum Gasteiger partial charge on any atom is -0.497 e. The highest BCUT2D eigenvalue weighted by molar-refractivity contribution is 5.88. The molecule has 1 amide bonds. The number of H-pyrrole nitrogens is 1. The molecular formula is C20H26N4O2. The van der Waals surface area contributed by atoms with Crippen LogP contribution in [0.4, 0.5) is 0 Å². The van der Waals surface area contributed by atoms with Crippen molar-refractivity contribution in [2.45, 2.75) is 56.7 Å². The van der Waals surface area contributed by atoms with Crippen LogP contribution in [-0.2, 0) is 11.3 Å². The average molecular weight is 354 g/mol. The van der Waals surface area contributed by atoms with Gasteiger partial charge < -0.3 is 9.64 Å².